The number of carbonyl (C=O) groups is 1. The van der Waals surface area contributed by atoms with Crippen LogP contribution in [0, 0.1) is 5.92 Å². The van der Waals surface area contributed by atoms with Crippen molar-refractivity contribution in [3.63, 3.8) is 0 Å². The van der Waals surface area contributed by atoms with Gasteiger partial charge >= 0.3 is 12.1 Å². The lowest BCUT2D eigenvalue weighted by atomic mass is 9.94. The van der Waals surface area contributed by atoms with Crippen LogP contribution in [-0.2, 0) is 10.2 Å². The van der Waals surface area contributed by atoms with Crippen molar-refractivity contribution in [2.75, 3.05) is 13.1 Å². The second-order valence-corrected chi connectivity index (χ2v) is 5.61. The highest BCUT2D eigenvalue weighted by atomic mass is 19.4. The first-order chi connectivity index (χ1) is 9.87. The molecule has 3 rings (SSSR count). The molecule has 21 heavy (non-hydrogen) atoms. The van der Waals surface area contributed by atoms with Crippen molar-refractivity contribution in [1.82, 2.24) is 4.90 Å². The highest BCUT2D eigenvalue weighted by Gasteiger charge is 2.63. The van der Waals surface area contributed by atoms with E-state index in [1.807, 2.05) is 12.1 Å². The third-order valence-electron chi connectivity index (χ3n) is 4.37. The van der Waals surface area contributed by atoms with Crippen LogP contribution in [0.2, 0.25) is 0 Å². The summed E-state index contributed by atoms with van der Waals surface area (Å²) in [6.45, 7) is 0.279. The van der Waals surface area contributed by atoms with Gasteiger partial charge < -0.3 is 10.1 Å². The van der Waals surface area contributed by atoms with Gasteiger partial charge in [0.15, 0.2) is 0 Å². The fourth-order valence-electron chi connectivity index (χ4n) is 3.23. The van der Waals surface area contributed by atoms with Crippen molar-refractivity contribution in [3.05, 3.63) is 35.4 Å². The van der Waals surface area contributed by atoms with E-state index < -0.39 is 12.1 Å². The molecule has 7 heteroatoms. The Balaban J connectivity index is 1.77. The zero-order chi connectivity index (χ0) is 15.3. The van der Waals surface area contributed by atoms with Crippen LogP contribution in [0.25, 0.3) is 0 Å². The van der Waals surface area contributed by atoms with Crippen LogP contribution in [0.5, 0.6) is 0 Å². The van der Waals surface area contributed by atoms with Crippen LogP contribution in [0.4, 0.5) is 13.2 Å². The van der Waals surface area contributed by atoms with Crippen molar-refractivity contribution in [3.8, 4) is 0 Å². The molecule has 2 atom stereocenters. The minimum atomic E-state index is -4.81. The average Bonchev–Trinajstić information content (AvgIpc) is 3.00. The molecule has 2 aliphatic rings. The molecule has 112 valence electrons. The van der Waals surface area contributed by atoms with Crippen molar-refractivity contribution >= 4 is 12.1 Å². The first kappa shape index (κ1) is 13.9. The number of amides is 1. The van der Waals surface area contributed by atoms with Crippen LogP contribution in [0.1, 0.15) is 17.5 Å². The third kappa shape index (κ3) is 2.26. The number of rotatable bonds is 2. The van der Waals surface area contributed by atoms with Gasteiger partial charge in [-0.1, -0.05) is 29.4 Å². The number of halogens is 3. The highest BCUT2D eigenvalue weighted by Crippen LogP contribution is 2.59. The summed E-state index contributed by atoms with van der Waals surface area (Å²) in [6, 6.07) is 7.12. The van der Waals surface area contributed by atoms with E-state index in [1.165, 1.54) is 6.21 Å². The Bertz CT molecular complexity index is 597. The average molecular weight is 298 g/mol. The number of oxime groups is 1. The van der Waals surface area contributed by atoms with E-state index >= 15 is 0 Å². The summed E-state index contributed by atoms with van der Waals surface area (Å²) in [5.74, 6) is -1.65. The quantitative estimate of drug-likeness (QED) is 0.517. The first-order valence-corrected chi connectivity index (χ1v) is 6.51. The molecule has 1 N–H and O–H groups in total. The van der Waals surface area contributed by atoms with Crippen LogP contribution < -0.4 is 0 Å². The zero-order valence-electron chi connectivity index (χ0n) is 11.0. The summed E-state index contributed by atoms with van der Waals surface area (Å²) in [5.41, 5.74) is 1.30. The standard InChI is InChI=1S/C14H13F3N2O2/c15-14(16,17)12(20)19-7-11-5-13(11,8-19)10-3-1-9(2-4-10)6-18-21/h1-4,6,11,21H,5,7-8H2/b18-6+/t11-,13+/m1/s1. The van der Waals surface area contributed by atoms with E-state index in [2.05, 4.69) is 5.16 Å². The monoisotopic (exact) mass is 298 g/mol. The van der Waals surface area contributed by atoms with E-state index in [1.54, 1.807) is 12.1 Å². The number of alkyl halides is 3. The molecule has 1 aromatic rings. The summed E-state index contributed by atoms with van der Waals surface area (Å²) >= 11 is 0. The molecule has 1 aromatic carbocycles. The van der Waals surface area contributed by atoms with E-state index in [0.717, 1.165) is 16.9 Å². The van der Waals surface area contributed by atoms with Crippen LogP contribution >= 0.6 is 0 Å². The molecular formula is C14H13F3N2O2. The molecule has 1 saturated carbocycles. The fourth-order valence-corrected chi connectivity index (χ4v) is 3.23. The molecule has 0 radical (unpaired) electrons. The molecule has 1 aliphatic heterocycles. The summed E-state index contributed by atoms with van der Waals surface area (Å²) < 4.78 is 37.4. The normalized spacial score (nSPS) is 28.0. The number of fused-ring (bicyclic) bond motifs is 1. The van der Waals surface area contributed by atoms with Crippen molar-refractivity contribution in [1.29, 1.82) is 0 Å². The number of carbonyl (C=O) groups excluding carboxylic acids is 1. The highest BCUT2D eigenvalue weighted by molar-refractivity contribution is 5.83. The molecule has 0 unspecified atom stereocenters. The van der Waals surface area contributed by atoms with Gasteiger partial charge in [-0.15, -0.1) is 0 Å². The predicted molar refractivity (Wildman–Crippen MR) is 68.2 cm³/mol. The largest absolute Gasteiger partial charge is 0.471 e. The summed E-state index contributed by atoms with van der Waals surface area (Å²) in [7, 11) is 0. The second-order valence-electron chi connectivity index (χ2n) is 5.61. The molecular weight excluding hydrogens is 285 g/mol. The molecule has 4 nitrogen and oxygen atoms in total. The molecule has 1 saturated heterocycles. The minimum absolute atomic E-state index is 0.0983. The molecule has 1 aliphatic carbocycles. The number of piperidine rings is 1. The van der Waals surface area contributed by atoms with E-state index in [0.29, 0.717) is 5.56 Å². The summed E-state index contributed by atoms with van der Waals surface area (Å²) in [5, 5.41) is 11.4. The maximum atomic E-state index is 12.5. The minimum Gasteiger partial charge on any atom is -0.411 e. The lowest BCUT2D eigenvalue weighted by Crippen LogP contribution is -2.41. The van der Waals surface area contributed by atoms with Crippen molar-refractivity contribution < 1.29 is 23.2 Å². The number of hydrogen-bond acceptors (Lipinski definition) is 3. The van der Waals surface area contributed by atoms with Gasteiger partial charge in [-0.05, 0) is 23.5 Å². The Morgan fingerprint density at radius 3 is 2.62 bits per heavy atom. The van der Waals surface area contributed by atoms with Crippen molar-refractivity contribution in [2.45, 2.75) is 18.0 Å². The first-order valence-electron chi connectivity index (χ1n) is 6.51. The van der Waals surface area contributed by atoms with Gasteiger partial charge in [-0.25, -0.2) is 0 Å². The predicted octanol–water partition coefficient (Wildman–Crippen LogP) is 2.16. The van der Waals surface area contributed by atoms with E-state index in [9.17, 15) is 18.0 Å². The summed E-state index contributed by atoms with van der Waals surface area (Å²) in [6.07, 6.45) is -2.72. The molecule has 1 amide bonds. The topological polar surface area (TPSA) is 52.9 Å². The molecule has 1 heterocycles. The Labute approximate surface area is 118 Å². The van der Waals surface area contributed by atoms with Gasteiger partial charge in [0.2, 0.25) is 0 Å². The number of likely N-dealkylation sites (tertiary alicyclic amines) is 1. The Morgan fingerprint density at radius 1 is 1.38 bits per heavy atom. The Kier molecular flexibility index (Phi) is 2.96. The maximum absolute atomic E-state index is 12.5. The maximum Gasteiger partial charge on any atom is 0.471 e. The second kappa shape index (κ2) is 4.47. The van der Waals surface area contributed by atoms with Gasteiger partial charge in [0.25, 0.3) is 0 Å². The fraction of sp³-hybridized carbons (Fsp3) is 0.429. The Morgan fingerprint density at radius 2 is 2.05 bits per heavy atom. The number of hydrogen-bond donors (Lipinski definition) is 1. The number of nitrogens with zero attached hydrogens (tertiary/aromatic N) is 2. The number of benzene rings is 1. The SMILES string of the molecule is O=C(N1C[C@H]2C[C@@]2(c2ccc(/C=N/O)cc2)C1)C(F)(F)F. The van der Waals surface area contributed by atoms with Gasteiger partial charge in [0.1, 0.15) is 0 Å². The van der Waals surface area contributed by atoms with Gasteiger partial charge in [-0.3, -0.25) is 4.79 Å². The van der Waals surface area contributed by atoms with Gasteiger partial charge in [0, 0.05) is 18.5 Å². The van der Waals surface area contributed by atoms with E-state index in [4.69, 9.17) is 5.21 Å². The molecule has 0 spiro atoms. The van der Waals surface area contributed by atoms with Crippen LogP contribution in [0.15, 0.2) is 29.4 Å². The molecule has 0 bridgehead atoms. The lowest BCUT2D eigenvalue weighted by Gasteiger charge is -2.22. The van der Waals surface area contributed by atoms with Crippen molar-refractivity contribution in [2.24, 2.45) is 11.1 Å². The lowest BCUT2D eigenvalue weighted by molar-refractivity contribution is -0.184. The zero-order valence-corrected chi connectivity index (χ0v) is 11.0. The summed E-state index contributed by atoms with van der Waals surface area (Å²) in [4.78, 5) is 12.2. The van der Waals surface area contributed by atoms with Gasteiger partial charge in [0.05, 0.1) is 6.21 Å². The third-order valence-corrected chi connectivity index (χ3v) is 4.37. The van der Waals surface area contributed by atoms with Crippen LogP contribution in [0.3, 0.4) is 0 Å². The van der Waals surface area contributed by atoms with E-state index in [-0.39, 0.29) is 24.4 Å². The Hall–Kier alpha value is -2.05. The van der Waals surface area contributed by atoms with Gasteiger partial charge in [-0.2, -0.15) is 13.2 Å². The molecule has 2 fully saturated rings. The smallest absolute Gasteiger partial charge is 0.411 e. The molecule has 0 aromatic heterocycles. The van der Waals surface area contributed by atoms with Crippen LogP contribution in [-0.4, -0.2) is 41.5 Å².